The van der Waals surface area contributed by atoms with Gasteiger partial charge in [-0.05, 0) is 61.4 Å². The van der Waals surface area contributed by atoms with Crippen molar-refractivity contribution in [1.29, 1.82) is 0 Å². The summed E-state index contributed by atoms with van der Waals surface area (Å²) in [7, 11) is 0. The van der Waals surface area contributed by atoms with Crippen LogP contribution in [0.25, 0.3) is 0 Å². The van der Waals surface area contributed by atoms with Crippen LogP contribution in [0.15, 0.2) is 42.5 Å². The Morgan fingerprint density at radius 1 is 1.00 bits per heavy atom. The van der Waals surface area contributed by atoms with Gasteiger partial charge in [0, 0.05) is 0 Å². The van der Waals surface area contributed by atoms with E-state index >= 15 is 0 Å². The third kappa shape index (κ3) is 7.47. The van der Waals surface area contributed by atoms with Crippen molar-refractivity contribution in [3.8, 4) is 5.75 Å². The number of rotatable bonds is 10. The summed E-state index contributed by atoms with van der Waals surface area (Å²) in [5.41, 5.74) is 6.46. The van der Waals surface area contributed by atoms with Gasteiger partial charge in [-0.1, -0.05) is 30.3 Å². The molecule has 2 aromatic carbocycles. The van der Waals surface area contributed by atoms with Gasteiger partial charge in [-0.2, -0.15) is 13.2 Å². The zero-order valence-electron chi connectivity index (χ0n) is 16.9. The lowest BCUT2D eigenvalue weighted by molar-refractivity contribution is -0.139. The summed E-state index contributed by atoms with van der Waals surface area (Å²) in [6.45, 7) is 1.29. The third-order valence-corrected chi connectivity index (χ3v) is 5.00. The number of alkyl halides is 3. The minimum Gasteiger partial charge on any atom is -0.493 e. The molecular weight excluding hydrogens is 419 g/mol. The highest BCUT2D eigenvalue weighted by Gasteiger charge is 2.35. The Kier molecular flexibility index (Phi) is 10.1. The maximum Gasteiger partial charge on any atom is 0.419 e. The van der Waals surface area contributed by atoms with E-state index in [2.05, 4.69) is 0 Å². The highest BCUT2D eigenvalue weighted by Crippen LogP contribution is 2.37. The summed E-state index contributed by atoms with van der Waals surface area (Å²) in [4.78, 5) is 0. The molecule has 30 heavy (non-hydrogen) atoms. The van der Waals surface area contributed by atoms with E-state index in [-0.39, 0.29) is 37.6 Å². The van der Waals surface area contributed by atoms with Crippen molar-refractivity contribution in [1.82, 2.24) is 0 Å². The Labute approximate surface area is 181 Å². The number of aryl methyl sites for hydroxylation is 3. The lowest BCUT2D eigenvalue weighted by atomic mass is 9.93. The molecule has 0 heterocycles. The molecule has 0 bridgehead atoms. The van der Waals surface area contributed by atoms with Crippen molar-refractivity contribution in [2.45, 2.75) is 44.3 Å². The fourth-order valence-corrected chi connectivity index (χ4v) is 3.02. The highest BCUT2D eigenvalue weighted by molar-refractivity contribution is 5.85. The van der Waals surface area contributed by atoms with Crippen molar-refractivity contribution >= 4 is 12.4 Å². The second-order valence-electron chi connectivity index (χ2n) is 7.39. The van der Waals surface area contributed by atoms with Crippen molar-refractivity contribution < 1.29 is 28.1 Å². The number of hydrogen-bond donors (Lipinski definition) is 3. The Balaban J connectivity index is 0.00000450. The minimum atomic E-state index is -4.55. The SMILES string of the molecule is Cc1ccccc1CCCOc1ccc(CCC(N)(CO)CO)cc1C(F)(F)F.Cl. The smallest absolute Gasteiger partial charge is 0.419 e. The number of aliphatic hydroxyl groups excluding tert-OH is 2. The number of benzene rings is 2. The van der Waals surface area contributed by atoms with Gasteiger partial charge >= 0.3 is 6.18 Å². The van der Waals surface area contributed by atoms with E-state index in [4.69, 9.17) is 10.5 Å². The number of ether oxygens (including phenoxy) is 1. The molecule has 0 aromatic heterocycles. The van der Waals surface area contributed by atoms with Crippen LogP contribution in [0.5, 0.6) is 5.75 Å². The van der Waals surface area contributed by atoms with Crippen molar-refractivity contribution in [3.05, 3.63) is 64.7 Å². The normalized spacial score (nSPS) is 11.8. The number of halogens is 4. The molecule has 0 aliphatic rings. The van der Waals surface area contributed by atoms with Crippen molar-refractivity contribution in [2.24, 2.45) is 5.73 Å². The first kappa shape index (κ1) is 26.2. The van der Waals surface area contributed by atoms with Crippen LogP contribution in [0.3, 0.4) is 0 Å². The summed E-state index contributed by atoms with van der Waals surface area (Å²) in [6, 6.07) is 11.8. The van der Waals surface area contributed by atoms with E-state index < -0.39 is 30.5 Å². The molecule has 4 N–H and O–H groups in total. The van der Waals surface area contributed by atoms with E-state index in [1.807, 2.05) is 31.2 Å². The first-order valence-electron chi connectivity index (χ1n) is 9.56. The Bertz CT molecular complexity index is 795. The van der Waals surface area contributed by atoms with Gasteiger partial charge in [-0.25, -0.2) is 0 Å². The van der Waals surface area contributed by atoms with Gasteiger partial charge in [0.2, 0.25) is 0 Å². The molecule has 0 fully saturated rings. The van der Waals surface area contributed by atoms with Gasteiger partial charge < -0.3 is 20.7 Å². The molecule has 0 saturated heterocycles. The average Bonchev–Trinajstić information content (AvgIpc) is 2.70. The molecule has 0 radical (unpaired) electrons. The van der Waals surface area contributed by atoms with E-state index in [9.17, 15) is 23.4 Å². The standard InChI is InChI=1S/C22H28F3NO3.ClH/c1-16-5-2-3-6-18(16)7-4-12-29-20-9-8-17(13-19(20)22(23,24)25)10-11-21(26,14-27)15-28;/h2-3,5-6,8-9,13,27-28H,4,7,10-12,14-15,26H2,1H3;1H. The maximum absolute atomic E-state index is 13.5. The largest absolute Gasteiger partial charge is 0.493 e. The molecule has 0 aliphatic heterocycles. The van der Waals surface area contributed by atoms with Crippen LogP contribution in [0.4, 0.5) is 13.2 Å². The van der Waals surface area contributed by atoms with Crippen LogP contribution in [0.1, 0.15) is 35.1 Å². The fraction of sp³-hybridized carbons (Fsp3) is 0.455. The topological polar surface area (TPSA) is 75.7 Å². The van der Waals surface area contributed by atoms with Crippen molar-refractivity contribution in [3.63, 3.8) is 0 Å². The van der Waals surface area contributed by atoms with E-state index in [0.29, 0.717) is 12.0 Å². The zero-order valence-corrected chi connectivity index (χ0v) is 17.7. The molecule has 168 valence electrons. The first-order chi connectivity index (χ1) is 13.7. The number of aliphatic hydroxyl groups is 2. The average molecular weight is 448 g/mol. The Morgan fingerprint density at radius 2 is 1.67 bits per heavy atom. The monoisotopic (exact) mass is 447 g/mol. The molecule has 4 nitrogen and oxygen atoms in total. The van der Waals surface area contributed by atoms with E-state index in [1.54, 1.807) is 6.07 Å². The maximum atomic E-state index is 13.5. The van der Waals surface area contributed by atoms with E-state index in [0.717, 1.165) is 23.6 Å². The summed E-state index contributed by atoms with van der Waals surface area (Å²) >= 11 is 0. The molecule has 8 heteroatoms. The number of nitrogens with two attached hydrogens (primary N) is 1. The predicted molar refractivity (Wildman–Crippen MR) is 113 cm³/mol. The van der Waals surface area contributed by atoms with Crippen LogP contribution < -0.4 is 10.5 Å². The van der Waals surface area contributed by atoms with Crippen LogP contribution >= 0.6 is 12.4 Å². The van der Waals surface area contributed by atoms with Gasteiger partial charge in [0.25, 0.3) is 0 Å². The molecule has 2 aromatic rings. The highest BCUT2D eigenvalue weighted by atomic mass is 35.5. The molecular formula is C22H29ClF3NO3. The predicted octanol–water partition coefficient (Wildman–Crippen LogP) is 4.06. The summed E-state index contributed by atoms with van der Waals surface area (Å²) < 4.78 is 45.9. The van der Waals surface area contributed by atoms with Crippen LogP contribution in [0, 0.1) is 6.92 Å². The quantitative estimate of drug-likeness (QED) is 0.480. The molecule has 0 aliphatic carbocycles. The van der Waals surface area contributed by atoms with Crippen LogP contribution in [-0.2, 0) is 19.0 Å². The zero-order chi connectivity index (χ0) is 21.5. The molecule has 0 amide bonds. The van der Waals surface area contributed by atoms with E-state index in [1.165, 1.54) is 6.07 Å². The lowest BCUT2D eigenvalue weighted by Crippen LogP contribution is -2.47. The van der Waals surface area contributed by atoms with Gasteiger partial charge in [-0.3, -0.25) is 0 Å². The molecule has 0 atom stereocenters. The lowest BCUT2D eigenvalue weighted by Gasteiger charge is -2.24. The Hall–Kier alpha value is -1.80. The van der Waals surface area contributed by atoms with Crippen LogP contribution in [-0.4, -0.2) is 35.6 Å². The summed E-state index contributed by atoms with van der Waals surface area (Å²) in [6.07, 6.45) is -2.85. The first-order valence-corrected chi connectivity index (χ1v) is 9.56. The van der Waals surface area contributed by atoms with Gasteiger partial charge in [-0.15, -0.1) is 12.4 Å². The number of hydrogen-bond acceptors (Lipinski definition) is 4. The molecule has 2 rings (SSSR count). The molecule has 0 unspecified atom stereocenters. The Morgan fingerprint density at radius 3 is 2.27 bits per heavy atom. The molecule has 0 saturated carbocycles. The third-order valence-electron chi connectivity index (χ3n) is 5.00. The fourth-order valence-electron chi connectivity index (χ4n) is 3.02. The van der Waals surface area contributed by atoms with Gasteiger partial charge in [0.15, 0.2) is 0 Å². The summed E-state index contributed by atoms with van der Waals surface area (Å²) in [5, 5.41) is 18.5. The minimum absolute atomic E-state index is 0. The van der Waals surface area contributed by atoms with Gasteiger partial charge in [0.05, 0.1) is 30.9 Å². The van der Waals surface area contributed by atoms with Crippen molar-refractivity contribution in [2.75, 3.05) is 19.8 Å². The molecule has 0 spiro atoms. The van der Waals surface area contributed by atoms with Gasteiger partial charge in [0.1, 0.15) is 5.75 Å². The summed E-state index contributed by atoms with van der Waals surface area (Å²) in [5.74, 6) is -0.200. The second kappa shape index (κ2) is 11.6. The van der Waals surface area contributed by atoms with Crippen LogP contribution in [0.2, 0.25) is 0 Å². The second-order valence-corrected chi connectivity index (χ2v) is 7.39.